The topological polar surface area (TPSA) is 175 Å². The van der Waals surface area contributed by atoms with Crippen molar-refractivity contribution < 1.29 is 49.3 Å². The molecule has 518 valence electrons. The average Bonchev–Trinajstić information content (AvgIpc) is 1.96. The average molecular weight is 1250 g/mol. The number of rotatable bonds is 68. The summed E-state index contributed by atoms with van der Waals surface area (Å²) in [6.07, 6.45) is 76.0. The van der Waals surface area contributed by atoms with Crippen LogP contribution in [0.15, 0.2) is 36.5 Å². The van der Waals surface area contributed by atoms with Crippen molar-refractivity contribution in [2.24, 2.45) is 0 Å². The monoisotopic (exact) mass is 1240 g/mol. The van der Waals surface area contributed by atoms with Crippen LogP contribution < -0.4 is 5.32 Å². The van der Waals surface area contributed by atoms with Crippen molar-refractivity contribution in [2.75, 3.05) is 19.8 Å². The van der Waals surface area contributed by atoms with Crippen LogP contribution in [0.25, 0.3) is 0 Å². The van der Waals surface area contributed by atoms with Gasteiger partial charge in [0.2, 0.25) is 5.91 Å². The van der Waals surface area contributed by atoms with Gasteiger partial charge in [-0.2, -0.15) is 0 Å². The Balaban J connectivity index is 1.87. The smallest absolute Gasteiger partial charge is 0.305 e. The van der Waals surface area contributed by atoms with E-state index < -0.39 is 49.5 Å². The zero-order chi connectivity index (χ0) is 63.7. The quantitative estimate of drug-likeness (QED) is 0.0195. The number of amides is 1. The minimum absolute atomic E-state index is 0.00710. The summed E-state index contributed by atoms with van der Waals surface area (Å²) in [5.41, 5.74) is 0. The number of ether oxygens (including phenoxy) is 3. The Morgan fingerprint density at radius 3 is 1.17 bits per heavy atom. The van der Waals surface area contributed by atoms with Gasteiger partial charge in [0.25, 0.3) is 0 Å². The second kappa shape index (κ2) is 66.3. The lowest BCUT2D eigenvalue weighted by atomic mass is 9.99. The molecule has 0 bridgehead atoms. The Morgan fingerprint density at radius 2 is 0.761 bits per heavy atom. The molecule has 0 aromatic rings. The fourth-order valence-corrected chi connectivity index (χ4v) is 12.2. The lowest BCUT2D eigenvalue weighted by Crippen LogP contribution is -2.60. The number of hydrogen-bond acceptors (Lipinski definition) is 10. The summed E-state index contributed by atoms with van der Waals surface area (Å²) in [5.74, 6) is -0.169. The van der Waals surface area contributed by atoms with Crippen LogP contribution in [0.5, 0.6) is 0 Å². The number of unbranched alkanes of at least 4 members (excludes halogenated alkanes) is 50. The van der Waals surface area contributed by atoms with Crippen molar-refractivity contribution in [3.8, 4) is 0 Å². The summed E-state index contributed by atoms with van der Waals surface area (Å²) in [7, 11) is 0. The summed E-state index contributed by atoms with van der Waals surface area (Å²) in [6, 6.07) is -0.805. The van der Waals surface area contributed by atoms with Gasteiger partial charge in [0.1, 0.15) is 24.4 Å². The molecule has 0 aliphatic carbocycles. The van der Waals surface area contributed by atoms with E-state index in [4.69, 9.17) is 14.2 Å². The molecule has 0 aromatic heterocycles. The molecule has 7 atom stereocenters. The van der Waals surface area contributed by atoms with Gasteiger partial charge in [-0.3, -0.25) is 9.59 Å². The molecule has 7 unspecified atom stereocenters. The van der Waals surface area contributed by atoms with Crippen LogP contribution in [0, 0.1) is 0 Å². The number of carbonyl (C=O) groups is 2. The predicted octanol–water partition coefficient (Wildman–Crippen LogP) is 20.1. The van der Waals surface area contributed by atoms with Crippen LogP contribution >= 0.6 is 0 Å². The molecular weight excluding hydrogens is 1100 g/mol. The SMILES string of the molecule is CCCCC/C=C\C/C=C\CCCCCCCCCC(=O)OCCCCCCCCCCCCCCCCCCCCCCCCCCCCCCCCCCCC(=O)NC(COC1OC(CO)C(O)C(O)C1O)C(O)/C=C/CCCCCCCCCC. The van der Waals surface area contributed by atoms with E-state index in [1.54, 1.807) is 6.08 Å². The van der Waals surface area contributed by atoms with Crippen molar-refractivity contribution in [1.29, 1.82) is 0 Å². The molecule has 1 fully saturated rings. The summed E-state index contributed by atoms with van der Waals surface area (Å²) in [6.45, 7) is 4.34. The maximum absolute atomic E-state index is 13.0. The Bertz CT molecular complexity index is 1560. The first-order valence-electron chi connectivity index (χ1n) is 38.3. The molecule has 0 aromatic carbocycles. The molecule has 11 nitrogen and oxygen atoms in total. The minimum atomic E-state index is -1.57. The maximum atomic E-state index is 13.0. The molecule has 1 aliphatic heterocycles. The van der Waals surface area contributed by atoms with Crippen LogP contribution in [0.1, 0.15) is 380 Å². The molecule has 1 saturated heterocycles. The summed E-state index contributed by atoms with van der Waals surface area (Å²) < 4.78 is 16.8. The van der Waals surface area contributed by atoms with Gasteiger partial charge in [0, 0.05) is 12.8 Å². The van der Waals surface area contributed by atoms with Crippen LogP contribution in [0.4, 0.5) is 0 Å². The molecule has 1 heterocycles. The van der Waals surface area contributed by atoms with Crippen LogP contribution in [0.3, 0.4) is 0 Å². The number of allylic oxidation sites excluding steroid dienone is 5. The predicted molar refractivity (Wildman–Crippen MR) is 371 cm³/mol. The van der Waals surface area contributed by atoms with E-state index in [2.05, 4.69) is 43.5 Å². The second-order valence-corrected chi connectivity index (χ2v) is 26.7. The third kappa shape index (κ3) is 54.4. The number of aliphatic hydroxyl groups excluding tert-OH is 5. The van der Waals surface area contributed by atoms with Crippen molar-refractivity contribution in [3.63, 3.8) is 0 Å². The van der Waals surface area contributed by atoms with Crippen LogP contribution in [0.2, 0.25) is 0 Å². The van der Waals surface area contributed by atoms with Crippen LogP contribution in [-0.4, -0.2) is 100 Å². The molecule has 0 saturated carbocycles. The number of nitrogens with one attached hydrogen (secondary N) is 1. The van der Waals surface area contributed by atoms with Gasteiger partial charge in [-0.25, -0.2) is 0 Å². The Kier molecular flexibility index (Phi) is 63.2. The van der Waals surface area contributed by atoms with E-state index in [0.717, 1.165) is 64.2 Å². The highest BCUT2D eigenvalue weighted by atomic mass is 16.7. The second-order valence-electron chi connectivity index (χ2n) is 26.7. The van der Waals surface area contributed by atoms with Crippen molar-refractivity contribution in [1.82, 2.24) is 5.32 Å². The molecule has 0 radical (unpaired) electrons. The first kappa shape index (κ1) is 83.9. The zero-order valence-corrected chi connectivity index (χ0v) is 57.7. The number of carbonyl (C=O) groups excluding carboxylic acids is 2. The van der Waals surface area contributed by atoms with Crippen molar-refractivity contribution >= 4 is 11.9 Å². The summed E-state index contributed by atoms with van der Waals surface area (Å²) in [4.78, 5) is 25.2. The van der Waals surface area contributed by atoms with Gasteiger partial charge < -0.3 is 45.1 Å². The fourth-order valence-electron chi connectivity index (χ4n) is 12.2. The third-order valence-electron chi connectivity index (χ3n) is 18.2. The Morgan fingerprint density at radius 1 is 0.420 bits per heavy atom. The maximum Gasteiger partial charge on any atom is 0.305 e. The number of hydrogen-bond donors (Lipinski definition) is 6. The zero-order valence-electron chi connectivity index (χ0n) is 57.7. The number of esters is 1. The lowest BCUT2D eigenvalue weighted by molar-refractivity contribution is -0.302. The molecule has 1 aliphatic rings. The summed E-state index contributed by atoms with van der Waals surface area (Å²) in [5, 5.41) is 54.4. The largest absolute Gasteiger partial charge is 0.466 e. The van der Waals surface area contributed by atoms with E-state index in [-0.39, 0.29) is 18.5 Å². The summed E-state index contributed by atoms with van der Waals surface area (Å²) >= 11 is 0. The standard InChI is InChI=1S/C77H145NO10/c1-3-5-7-9-11-13-15-16-17-35-39-42-45-49-53-57-61-65-73(82)86-66-62-58-54-50-46-43-40-37-34-32-30-28-26-24-22-20-18-19-21-23-25-27-29-31-33-36-38-41-44-48-52-56-60-64-72(81)78-69(68-87-77-76(85)75(84)74(83)71(67-79)88-77)70(80)63-59-55-51-47-14-12-10-8-6-4-2/h11,13,16-17,59,63,69-71,74-77,79-80,83-85H,3-10,12,14-15,18-58,60-62,64-68H2,1-2H3,(H,78,81)/b13-11-,17-16-,63-59+. The highest BCUT2D eigenvalue weighted by Crippen LogP contribution is 2.24. The van der Waals surface area contributed by atoms with E-state index in [0.29, 0.717) is 19.4 Å². The van der Waals surface area contributed by atoms with Gasteiger partial charge in [0.05, 0.1) is 32.0 Å². The highest BCUT2D eigenvalue weighted by Gasteiger charge is 2.44. The van der Waals surface area contributed by atoms with Gasteiger partial charge in [-0.05, 0) is 64.2 Å². The molecular formula is C77H145NO10. The molecule has 6 N–H and O–H groups in total. The van der Waals surface area contributed by atoms with Gasteiger partial charge in [-0.1, -0.05) is 339 Å². The van der Waals surface area contributed by atoms with Crippen molar-refractivity contribution in [2.45, 2.75) is 423 Å². The van der Waals surface area contributed by atoms with Crippen LogP contribution in [-0.2, 0) is 23.8 Å². The normalized spacial score (nSPS) is 17.9. The number of aliphatic hydroxyl groups is 5. The molecule has 1 rings (SSSR count). The first-order valence-corrected chi connectivity index (χ1v) is 38.3. The Hall–Kier alpha value is -2.12. The fraction of sp³-hybridized carbons (Fsp3) is 0.896. The molecule has 1 amide bonds. The molecule has 11 heteroatoms. The molecule has 0 spiro atoms. The van der Waals surface area contributed by atoms with E-state index in [1.165, 1.54) is 289 Å². The lowest BCUT2D eigenvalue weighted by Gasteiger charge is -2.40. The van der Waals surface area contributed by atoms with Gasteiger partial charge in [-0.15, -0.1) is 0 Å². The third-order valence-corrected chi connectivity index (χ3v) is 18.2. The van der Waals surface area contributed by atoms with E-state index in [1.807, 2.05) is 6.08 Å². The molecule has 88 heavy (non-hydrogen) atoms. The highest BCUT2D eigenvalue weighted by molar-refractivity contribution is 5.76. The first-order chi connectivity index (χ1) is 43.2. The van der Waals surface area contributed by atoms with Gasteiger partial charge >= 0.3 is 5.97 Å². The Labute approximate surface area is 543 Å². The van der Waals surface area contributed by atoms with E-state index >= 15 is 0 Å². The van der Waals surface area contributed by atoms with Crippen molar-refractivity contribution in [3.05, 3.63) is 36.5 Å². The van der Waals surface area contributed by atoms with E-state index in [9.17, 15) is 35.1 Å². The minimum Gasteiger partial charge on any atom is -0.466 e. The van der Waals surface area contributed by atoms with Gasteiger partial charge in [0.15, 0.2) is 6.29 Å².